The molecule has 0 radical (unpaired) electrons. The number of nitrogens with two attached hydrogens (primary N) is 1. The molecule has 1 unspecified atom stereocenters. The van der Waals surface area contributed by atoms with E-state index in [9.17, 15) is 14.0 Å². The molecule has 0 aromatic heterocycles. The largest absolute Gasteiger partial charge is 0.354 e. The van der Waals surface area contributed by atoms with E-state index >= 15 is 0 Å². The van der Waals surface area contributed by atoms with Crippen molar-refractivity contribution in [3.05, 3.63) is 35.1 Å². The van der Waals surface area contributed by atoms with E-state index in [0.29, 0.717) is 12.1 Å². The van der Waals surface area contributed by atoms with Gasteiger partial charge in [-0.3, -0.25) is 9.59 Å². The van der Waals surface area contributed by atoms with Crippen molar-refractivity contribution in [3.63, 3.8) is 0 Å². The van der Waals surface area contributed by atoms with Crippen molar-refractivity contribution in [1.82, 2.24) is 10.6 Å². The van der Waals surface area contributed by atoms with Crippen LogP contribution < -0.4 is 16.4 Å². The zero-order chi connectivity index (χ0) is 15.1. The molecule has 1 aromatic carbocycles. The van der Waals surface area contributed by atoms with Crippen LogP contribution >= 0.6 is 0 Å². The Labute approximate surface area is 117 Å². The van der Waals surface area contributed by atoms with Gasteiger partial charge in [-0.15, -0.1) is 0 Å². The van der Waals surface area contributed by atoms with Crippen LogP contribution in [-0.2, 0) is 4.79 Å². The molecule has 110 valence electrons. The SMILES string of the molecule is Cc1ccc(C(=O)NCCNC(=O)CC(C)N)cc1F. The Bertz CT molecular complexity index is 489. The number of nitrogens with one attached hydrogen (secondary N) is 2. The third-order valence-corrected chi connectivity index (χ3v) is 2.67. The lowest BCUT2D eigenvalue weighted by Crippen LogP contribution is -2.36. The van der Waals surface area contributed by atoms with E-state index in [-0.39, 0.29) is 36.4 Å². The van der Waals surface area contributed by atoms with Crippen LogP contribution in [0, 0.1) is 12.7 Å². The molecule has 0 saturated carbocycles. The second kappa shape index (κ2) is 7.59. The van der Waals surface area contributed by atoms with Crippen molar-refractivity contribution in [2.24, 2.45) is 5.73 Å². The first kappa shape index (κ1) is 16.1. The summed E-state index contributed by atoms with van der Waals surface area (Å²) in [5.41, 5.74) is 6.23. The van der Waals surface area contributed by atoms with Gasteiger partial charge >= 0.3 is 0 Å². The Morgan fingerprint density at radius 2 is 1.95 bits per heavy atom. The summed E-state index contributed by atoms with van der Waals surface area (Å²) in [5, 5.41) is 5.24. The van der Waals surface area contributed by atoms with E-state index in [1.807, 2.05) is 0 Å². The fourth-order valence-corrected chi connectivity index (χ4v) is 1.58. The highest BCUT2D eigenvalue weighted by molar-refractivity contribution is 5.94. The molecule has 0 fully saturated rings. The molecule has 0 aliphatic rings. The first-order valence-corrected chi connectivity index (χ1v) is 6.46. The molecular formula is C14H20FN3O2. The molecule has 0 heterocycles. The van der Waals surface area contributed by atoms with E-state index in [0.717, 1.165) is 0 Å². The van der Waals surface area contributed by atoms with Crippen LogP contribution in [0.15, 0.2) is 18.2 Å². The van der Waals surface area contributed by atoms with Crippen LogP contribution in [0.3, 0.4) is 0 Å². The van der Waals surface area contributed by atoms with Crippen LogP contribution in [0.1, 0.15) is 29.3 Å². The van der Waals surface area contributed by atoms with Gasteiger partial charge in [-0.05, 0) is 31.5 Å². The van der Waals surface area contributed by atoms with Gasteiger partial charge in [0.1, 0.15) is 5.82 Å². The summed E-state index contributed by atoms with van der Waals surface area (Å²) in [6.07, 6.45) is 0.247. The molecule has 0 saturated heterocycles. The number of amides is 2. The predicted molar refractivity (Wildman–Crippen MR) is 74.7 cm³/mol. The smallest absolute Gasteiger partial charge is 0.251 e. The number of hydrogen-bond acceptors (Lipinski definition) is 3. The Morgan fingerprint density at radius 1 is 1.30 bits per heavy atom. The number of carbonyl (C=O) groups excluding carboxylic acids is 2. The second-order valence-corrected chi connectivity index (χ2v) is 4.75. The molecule has 2 amide bonds. The number of rotatable bonds is 6. The fourth-order valence-electron chi connectivity index (χ4n) is 1.58. The maximum absolute atomic E-state index is 13.3. The number of benzene rings is 1. The highest BCUT2D eigenvalue weighted by Gasteiger charge is 2.08. The van der Waals surface area contributed by atoms with E-state index in [1.54, 1.807) is 26.0 Å². The lowest BCUT2D eigenvalue weighted by atomic mass is 10.1. The first-order valence-electron chi connectivity index (χ1n) is 6.46. The molecule has 1 aromatic rings. The standard InChI is InChI=1S/C14H20FN3O2/c1-9-3-4-11(8-12(9)15)14(20)18-6-5-17-13(19)7-10(2)16/h3-4,8,10H,5-7,16H2,1-2H3,(H,17,19)(H,18,20). The van der Waals surface area contributed by atoms with Gasteiger partial charge in [0.25, 0.3) is 5.91 Å². The average molecular weight is 281 g/mol. The Morgan fingerprint density at radius 3 is 2.55 bits per heavy atom. The summed E-state index contributed by atoms with van der Waals surface area (Å²) in [7, 11) is 0. The first-order chi connectivity index (χ1) is 9.40. The number of aryl methyl sites for hydroxylation is 1. The highest BCUT2D eigenvalue weighted by atomic mass is 19.1. The minimum Gasteiger partial charge on any atom is -0.354 e. The van der Waals surface area contributed by atoms with E-state index < -0.39 is 5.82 Å². The molecule has 4 N–H and O–H groups in total. The normalized spacial score (nSPS) is 11.8. The summed E-state index contributed by atoms with van der Waals surface area (Å²) < 4.78 is 13.3. The van der Waals surface area contributed by atoms with Gasteiger partial charge in [0, 0.05) is 31.1 Å². The average Bonchev–Trinajstić information content (AvgIpc) is 2.36. The Balaban J connectivity index is 2.33. The van der Waals surface area contributed by atoms with Crippen molar-refractivity contribution >= 4 is 11.8 Å². The van der Waals surface area contributed by atoms with Crippen molar-refractivity contribution in [2.75, 3.05) is 13.1 Å². The van der Waals surface area contributed by atoms with Gasteiger partial charge in [-0.25, -0.2) is 4.39 Å². The molecule has 1 rings (SSSR count). The summed E-state index contributed by atoms with van der Waals surface area (Å²) >= 11 is 0. The molecule has 6 heteroatoms. The van der Waals surface area contributed by atoms with Crippen LogP contribution in [0.4, 0.5) is 4.39 Å². The summed E-state index contributed by atoms with van der Waals surface area (Å²) in [6.45, 7) is 3.96. The third-order valence-electron chi connectivity index (χ3n) is 2.67. The molecular weight excluding hydrogens is 261 g/mol. The molecule has 20 heavy (non-hydrogen) atoms. The molecule has 0 aliphatic heterocycles. The molecule has 1 atom stereocenters. The van der Waals surface area contributed by atoms with Gasteiger partial charge in [0.15, 0.2) is 0 Å². The minimum atomic E-state index is -0.414. The van der Waals surface area contributed by atoms with E-state index in [1.165, 1.54) is 6.07 Å². The topological polar surface area (TPSA) is 84.2 Å². The van der Waals surface area contributed by atoms with Crippen LogP contribution in [0.2, 0.25) is 0 Å². The zero-order valence-electron chi connectivity index (χ0n) is 11.7. The summed E-state index contributed by atoms with van der Waals surface area (Å²) in [5.74, 6) is -0.941. The molecule has 0 aliphatic carbocycles. The quantitative estimate of drug-likeness (QED) is 0.672. The van der Waals surface area contributed by atoms with Gasteiger partial charge in [-0.2, -0.15) is 0 Å². The predicted octanol–water partition coefficient (Wildman–Crippen LogP) is 0.717. The molecule has 0 bridgehead atoms. The van der Waals surface area contributed by atoms with Gasteiger partial charge < -0.3 is 16.4 Å². The van der Waals surface area contributed by atoms with Gasteiger partial charge in [0.2, 0.25) is 5.91 Å². The van der Waals surface area contributed by atoms with Crippen LogP contribution in [0.5, 0.6) is 0 Å². The maximum Gasteiger partial charge on any atom is 0.251 e. The third kappa shape index (κ3) is 5.36. The highest BCUT2D eigenvalue weighted by Crippen LogP contribution is 2.08. The van der Waals surface area contributed by atoms with Crippen LogP contribution in [-0.4, -0.2) is 30.9 Å². The van der Waals surface area contributed by atoms with Crippen molar-refractivity contribution < 1.29 is 14.0 Å². The lowest BCUT2D eigenvalue weighted by Gasteiger charge is -2.09. The number of hydrogen-bond donors (Lipinski definition) is 3. The molecule has 5 nitrogen and oxygen atoms in total. The van der Waals surface area contributed by atoms with Gasteiger partial charge in [0.05, 0.1) is 0 Å². The zero-order valence-corrected chi connectivity index (χ0v) is 11.7. The van der Waals surface area contributed by atoms with Crippen molar-refractivity contribution in [3.8, 4) is 0 Å². The second-order valence-electron chi connectivity index (χ2n) is 4.75. The van der Waals surface area contributed by atoms with Crippen LogP contribution in [0.25, 0.3) is 0 Å². The fraction of sp³-hybridized carbons (Fsp3) is 0.429. The Kier molecular flexibility index (Phi) is 6.11. The minimum absolute atomic E-state index is 0.157. The summed E-state index contributed by atoms with van der Waals surface area (Å²) in [4.78, 5) is 23.0. The number of halogens is 1. The van der Waals surface area contributed by atoms with Gasteiger partial charge in [-0.1, -0.05) is 6.07 Å². The number of carbonyl (C=O) groups is 2. The maximum atomic E-state index is 13.3. The van der Waals surface area contributed by atoms with Crippen molar-refractivity contribution in [2.45, 2.75) is 26.3 Å². The lowest BCUT2D eigenvalue weighted by molar-refractivity contribution is -0.121. The monoisotopic (exact) mass is 281 g/mol. The van der Waals surface area contributed by atoms with Crippen molar-refractivity contribution in [1.29, 1.82) is 0 Å². The molecule has 0 spiro atoms. The Hall–Kier alpha value is -1.95. The summed E-state index contributed by atoms with van der Waals surface area (Å²) in [6, 6.07) is 4.11. The van der Waals surface area contributed by atoms with E-state index in [4.69, 9.17) is 5.73 Å². The van der Waals surface area contributed by atoms with E-state index in [2.05, 4.69) is 10.6 Å².